The van der Waals surface area contributed by atoms with Crippen molar-refractivity contribution >= 4 is 11.4 Å². The monoisotopic (exact) mass is 375 g/mol. The fourth-order valence-corrected chi connectivity index (χ4v) is 3.48. The van der Waals surface area contributed by atoms with Crippen LogP contribution in [0.15, 0.2) is 53.1 Å². The summed E-state index contributed by atoms with van der Waals surface area (Å²) in [4.78, 5) is 17.5. The summed E-state index contributed by atoms with van der Waals surface area (Å²) in [7, 11) is 0. The van der Waals surface area contributed by atoms with E-state index in [0.29, 0.717) is 30.5 Å². The van der Waals surface area contributed by atoms with Crippen LogP contribution < -0.4 is 4.90 Å². The van der Waals surface area contributed by atoms with Gasteiger partial charge in [-0.2, -0.15) is 10.2 Å². The van der Waals surface area contributed by atoms with E-state index in [1.54, 1.807) is 12.1 Å². The van der Waals surface area contributed by atoms with Gasteiger partial charge < -0.3 is 9.42 Å². The Morgan fingerprint density at radius 1 is 1.18 bits per heavy atom. The lowest BCUT2D eigenvalue weighted by molar-refractivity contribution is -0.384. The second kappa shape index (κ2) is 7.48. The molecule has 4 rings (SSSR count). The molecular weight excluding hydrogens is 358 g/mol. The minimum absolute atomic E-state index is 0.0401. The Morgan fingerprint density at radius 2 is 1.93 bits per heavy atom. The van der Waals surface area contributed by atoms with Gasteiger partial charge in [-0.05, 0) is 25.0 Å². The molecule has 140 valence electrons. The normalized spacial score (nSPS) is 14.6. The third-order valence-corrected chi connectivity index (χ3v) is 4.96. The Bertz CT molecular complexity index is 1030. The van der Waals surface area contributed by atoms with Crippen LogP contribution in [0.5, 0.6) is 0 Å². The molecule has 1 aliphatic rings. The van der Waals surface area contributed by atoms with Crippen molar-refractivity contribution < 1.29 is 9.45 Å². The first kappa shape index (κ1) is 17.7. The molecule has 0 N–H and O–H groups in total. The molecule has 28 heavy (non-hydrogen) atoms. The van der Waals surface area contributed by atoms with Crippen LogP contribution >= 0.6 is 0 Å². The molecule has 1 saturated heterocycles. The zero-order valence-corrected chi connectivity index (χ0v) is 15.0. The van der Waals surface area contributed by atoms with Crippen molar-refractivity contribution in [1.82, 2.24) is 10.1 Å². The smallest absolute Gasteiger partial charge is 0.293 e. The molecule has 2 heterocycles. The standard InChI is InChI=1S/C20H17N5O3/c21-13-14-6-7-17(18(12-14)25(26)27)24-10-8-16(9-11-24)20-22-19(23-28-20)15-4-2-1-3-5-15/h1-7,12,16H,8-11H2. The van der Waals surface area contributed by atoms with Crippen molar-refractivity contribution in [2.45, 2.75) is 18.8 Å². The molecule has 0 atom stereocenters. The molecule has 2 aromatic carbocycles. The van der Waals surface area contributed by atoms with Crippen molar-refractivity contribution in [3.63, 3.8) is 0 Å². The molecule has 1 aliphatic heterocycles. The van der Waals surface area contributed by atoms with Gasteiger partial charge in [0.1, 0.15) is 5.69 Å². The SMILES string of the molecule is N#Cc1ccc(N2CCC(c3nc(-c4ccccc4)no3)CC2)c([N+](=O)[O-])c1. The van der Waals surface area contributed by atoms with E-state index in [-0.39, 0.29) is 17.2 Å². The highest BCUT2D eigenvalue weighted by atomic mass is 16.6. The third kappa shape index (κ3) is 3.42. The summed E-state index contributed by atoms with van der Waals surface area (Å²) >= 11 is 0. The number of aromatic nitrogens is 2. The maximum atomic E-state index is 11.4. The quantitative estimate of drug-likeness (QED) is 0.502. The topological polar surface area (TPSA) is 109 Å². The van der Waals surface area contributed by atoms with Crippen LogP contribution in [0.2, 0.25) is 0 Å². The van der Waals surface area contributed by atoms with Crippen LogP contribution in [0.1, 0.15) is 30.2 Å². The lowest BCUT2D eigenvalue weighted by atomic mass is 9.96. The van der Waals surface area contributed by atoms with Crippen LogP contribution in [0.4, 0.5) is 11.4 Å². The maximum Gasteiger partial charge on any atom is 0.293 e. The van der Waals surface area contributed by atoms with Gasteiger partial charge in [0.25, 0.3) is 5.69 Å². The van der Waals surface area contributed by atoms with E-state index in [1.165, 1.54) is 6.07 Å². The molecule has 0 spiro atoms. The first-order valence-electron chi connectivity index (χ1n) is 8.98. The number of nitro benzene ring substituents is 1. The van der Waals surface area contributed by atoms with Gasteiger partial charge in [0.2, 0.25) is 11.7 Å². The van der Waals surface area contributed by atoms with Gasteiger partial charge in [-0.15, -0.1) is 0 Å². The number of anilines is 1. The molecule has 8 heteroatoms. The first-order chi connectivity index (χ1) is 13.7. The minimum Gasteiger partial charge on any atom is -0.366 e. The Balaban J connectivity index is 1.48. The van der Waals surface area contributed by atoms with Crippen molar-refractivity contribution in [2.24, 2.45) is 0 Å². The number of nitro groups is 1. The number of hydrogen-bond acceptors (Lipinski definition) is 7. The van der Waals surface area contributed by atoms with E-state index in [4.69, 9.17) is 9.78 Å². The molecule has 1 aromatic heterocycles. The first-order valence-corrected chi connectivity index (χ1v) is 8.98. The van der Waals surface area contributed by atoms with Gasteiger partial charge in [0.15, 0.2) is 0 Å². The fourth-order valence-electron chi connectivity index (χ4n) is 3.48. The van der Waals surface area contributed by atoms with Crippen molar-refractivity contribution in [2.75, 3.05) is 18.0 Å². The molecular formula is C20H17N5O3. The molecule has 0 saturated carbocycles. The Kier molecular flexibility index (Phi) is 4.72. The zero-order valence-electron chi connectivity index (χ0n) is 15.0. The molecule has 0 amide bonds. The van der Waals surface area contributed by atoms with Crippen LogP contribution in [-0.4, -0.2) is 28.2 Å². The van der Waals surface area contributed by atoms with Crippen LogP contribution in [-0.2, 0) is 0 Å². The summed E-state index contributed by atoms with van der Waals surface area (Å²) in [6, 6.07) is 16.2. The molecule has 8 nitrogen and oxygen atoms in total. The second-order valence-electron chi connectivity index (χ2n) is 6.66. The molecule has 0 radical (unpaired) electrons. The van der Waals surface area contributed by atoms with Gasteiger partial charge in [0.05, 0.1) is 16.6 Å². The zero-order chi connectivity index (χ0) is 19.5. The average Bonchev–Trinajstić information content (AvgIpc) is 3.24. The van der Waals surface area contributed by atoms with Gasteiger partial charge in [0, 0.05) is 30.6 Å². The van der Waals surface area contributed by atoms with Gasteiger partial charge in [-0.1, -0.05) is 35.5 Å². The fraction of sp³-hybridized carbons (Fsp3) is 0.250. The number of rotatable bonds is 4. The summed E-state index contributed by atoms with van der Waals surface area (Å²) in [6.45, 7) is 1.28. The minimum atomic E-state index is -0.438. The van der Waals surface area contributed by atoms with Gasteiger partial charge >= 0.3 is 0 Å². The summed E-state index contributed by atoms with van der Waals surface area (Å²) in [5, 5.41) is 24.4. The Hall–Kier alpha value is -3.73. The van der Waals surface area contributed by atoms with Crippen molar-refractivity contribution in [1.29, 1.82) is 5.26 Å². The predicted molar refractivity (Wildman–Crippen MR) is 102 cm³/mol. The molecule has 3 aromatic rings. The number of benzene rings is 2. The van der Waals surface area contributed by atoms with E-state index >= 15 is 0 Å². The van der Waals surface area contributed by atoms with E-state index < -0.39 is 4.92 Å². The largest absolute Gasteiger partial charge is 0.366 e. The molecule has 0 aliphatic carbocycles. The van der Waals surface area contributed by atoms with Gasteiger partial charge in [-0.25, -0.2) is 0 Å². The number of nitrogens with zero attached hydrogens (tertiary/aromatic N) is 5. The van der Waals surface area contributed by atoms with Crippen LogP contribution in [0.25, 0.3) is 11.4 Å². The highest BCUT2D eigenvalue weighted by Gasteiger charge is 2.28. The molecule has 1 fully saturated rings. The second-order valence-corrected chi connectivity index (χ2v) is 6.66. The lowest BCUT2D eigenvalue weighted by Gasteiger charge is -2.31. The average molecular weight is 375 g/mol. The maximum absolute atomic E-state index is 11.4. The third-order valence-electron chi connectivity index (χ3n) is 4.96. The molecule has 0 bridgehead atoms. The van der Waals surface area contributed by atoms with E-state index in [1.807, 2.05) is 41.3 Å². The van der Waals surface area contributed by atoms with Gasteiger partial charge in [-0.3, -0.25) is 10.1 Å². The highest BCUT2D eigenvalue weighted by Crippen LogP contribution is 2.35. The van der Waals surface area contributed by atoms with Crippen LogP contribution in [0.3, 0.4) is 0 Å². The number of piperidine rings is 1. The molecule has 0 unspecified atom stereocenters. The van der Waals surface area contributed by atoms with Crippen molar-refractivity contribution in [3.8, 4) is 17.5 Å². The number of hydrogen-bond donors (Lipinski definition) is 0. The van der Waals surface area contributed by atoms with Crippen molar-refractivity contribution in [3.05, 3.63) is 70.1 Å². The van der Waals surface area contributed by atoms with E-state index in [9.17, 15) is 10.1 Å². The van der Waals surface area contributed by atoms with Crippen LogP contribution in [0, 0.1) is 21.4 Å². The number of nitriles is 1. The van der Waals surface area contributed by atoms with E-state index in [2.05, 4.69) is 10.1 Å². The summed E-state index contributed by atoms with van der Waals surface area (Å²) in [6.07, 6.45) is 1.52. The summed E-state index contributed by atoms with van der Waals surface area (Å²) in [5.74, 6) is 1.30. The van der Waals surface area contributed by atoms with E-state index in [0.717, 1.165) is 18.4 Å². The Morgan fingerprint density at radius 3 is 2.61 bits per heavy atom. The summed E-state index contributed by atoms with van der Waals surface area (Å²) in [5.41, 5.74) is 1.69. The highest BCUT2D eigenvalue weighted by molar-refractivity contribution is 5.66. The Labute approximate surface area is 161 Å². The summed E-state index contributed by atoms with van der Waals surface area (Å²) < 4.78 is 5.47. The lowest BCUT2D eigenvalue weighted by Crippen LogP contribution is -2.33. The predicted octanol–water partition coefficient (Wildman–Crippen LogP) is 3.90.